The van der Waals surface area contributed by atoms with Gasteiger partial charge in [0.1, 0.15) is 12.7 Å². The van der Waals surface area contributed by atoms with Gasteiger partial charge in [-0.05, 0) is 57.8 Å². The van der Waals surface area contributed by atoms with Crippen molar-refractivity contribution in [2.45, 2.75) is 328 Å². The monoisotopic (exact) mass is 1120 g/mol. The predicted molar refractivity (Wildman–Crippen MR) is 325 cm³/mol. The summed E-state index contributed by atoms with van der Waals surface area (Å²) in [5, 5.41) is 9.86. The molecule has 11 nitrogen and oxygen atoms in total. The molecule has 456 valence electrons. The summed E-state index contributed by atoms with van der Waals surface area (Å²) in [6.45, 7) is 4.59. The summed E-state index contributed by atoms with van der Waals surface area (Å²) in [6.07, 6.45) is 66.3. The first-order valence-corrected chi connectivity index (χ1v) is 34.0. The third kappa shape index (κ3) is 58.1. The van der Waals surface area contributed by atoms with Crippen molar-refractivity contribution in [3.8, 4) is 0 Å². The number of esters is 3. The van der Waals surface area contributed by atoms with Crippen LogP contribution < -0.4 is 0 Å². The van der Waals surface area contributed by atoms with Crippen molar-refractivity contribution in [3.63, 3.8) is 0 Å². The van der Waals surface area contributed by atoms with Crippen molar-refractivity contribution in [3.05, 3.63) is 48.6 Å². The number of phosphoric ester groups is 1. The number of rotatable bonds is 61. The van der Waals surface area contributed by atoms with E-state index in [1.54, 1.807) is 0 Å². The van der Waals surface area contributed by atoms with E-state index in [-0.39, 0.29) is 25.9 Å². The van der Waals surface area contributed by atoms with E-state index >= 15 is 0 Å². The number of allylic oxidation sites excluding steroid dienone is 8. The van der Waals surface area contributed by atoms with Crippen LogP contribution in [0.4, 0.5) is 0 Å². The Bertz CT molecular complexity index is 1490. The summed E-state index contributed by atoms with van der Waals surface area (Å²) in [7, 11) is -4.75. The molecule has 2 N–H and O–H groups in total. The van der Waals surface area contributed by atoms with Crippen molar-refractivity contribution in [2.24, 2.45) is 0 Å². The second kappa shape index (κ2) is 60.5. The minimum Gasteiger partial charge on any atom is -0.462 e. The largest absolute Gasteiger partial charge is 0.472 e. The van der Waals surface area contributed by atoms with Crippen LogP contribution in [0.25, 0.3) is 0 Å². The first kappa shape index (κ1) is 75.4. The molecule has 0 bridgehead atoms. The van der Waals surface area contributed by atoms with Gasteiger partial charge < -0.3 is 24.2 Å². The molecule has 3 atom stereocenters. The van der Waals surface area contributed by atoms with Gasteiger partial charge >= 0.3 is 25.7 Å². The normalized spacial score (nSPS) is 13.6. The van der Waals surface area contributed by atoms with Crippen LogP contribution in [0.1, 0.15) is 316 Å². The lowest BCUT2D eigenvalue weighted by atomic mass is 10.0. The lowest BCUT2D eigenvalue weighted by Gasteiger charge is -2.21. The van der Waals surface area contributed by atoms with E-state index in [9.17, 15) is 28.9 Å². The van der Waals surface area contributed by atoms with Gasteiger partial charge in [0.25, 0.3) is 0 Å². The van der Waals surface area contributed by atoms with Gasteiger partial charge in [0.2, 0.25) is 0 Å². The zero-order chi connectivity index (χ0) is 56.9. The summed E-state index contributed by atoms with van der Waals surface area (Å²) in [5.41, 5.74) is 0. The maximum atomic E-state index is 13.0. The Labute approximate surface area is 479 Å². The number of phosphoric acid groups is 1. The number of carbonyl (C=O) groups is 3. The Morgan fingerprint density at radius 1 is 0.372 bits per heavy atom. The molecule has 0 aromatic rings. The third-order valence-corrected chi connectivity index (χ3v) is 15.2. The van der Waals surface area contributed by atoms with Crippen LogP contribution in [-0.4, -0.2) is 66.5 Å². The molecule has 0 aromatic carbocycles. The Hall–Kier alpha value is -2.56. The molecule has 3 unspecified atom stereocenters. The number of ether oxygens (including phenoxy) is 3. The predicted octanol–water partition coefficient (Wildman–Crippen LogP) is 19.7. The highest BCUT2D eigenvalue weighted by Crippen LogP contribution is 2.43. The van der Waals surface area contributed by atoms with Gasteiger partial charge in [-0.2, -0.15) is 0 Å². The molecule has 12 heteroatoms. The van der Waals surface area contributed by atoms with Crippen LogP contribution in [0, 0.1) is 0 Å². The molecule has 0 aliphatic carbocycles. The first-order valence-electron chi connectivity index (χ1n) is 32.5. The number of carbonyl (C=O) groups excluding carboxylic acids is 3. The fourth-order valence-electron chi connectivity index (χ4n) is 9.35. The highest BCUT2D eigenvalue weighted by Gasteiger charge is 2.28. The molecule has 0 radical (unpaired) electrons. The molecule has 78 heavy (non-hydrogen) atoms. The molecule has 0 saturated heterocycles. The van der Waals surface area contributed by atoms with Crippen molar-refractivity contribution in [2.75, 3.05) is 26.4 Å². The summed E-state index contributed by atoms with van der Waals surface area (Å²) < 4.78 is 39.7. The van der Waals surface area contributed by atoms with Crippen LogP contribution >= 0.6 is 7.82 Å². The SMILES string of the molecule is CC/C=C\C/C=C\C/C=C\C/C=C\CCCCCCCCC(=O)OC(COC(=O)CCCCCCCCCCCCCCCCC)COP(=O)(O)OCC(CO)OC(=O)CCCCCCCCCCCCCCCCCCC. The molecule has 0 spiro atoms. The average molecular weight is 1120 g/mol. The molecule has 0 aliphatic heterocycles. The zero-order valence-electron chi connectivity index (χ0n) is 50.6. The van der Waals surface area contributed by atoms with Crippen LogP contribution in [0.15, 0.2) is 48.6 Å². The van der Waals surface area contributed by atoms with E-state index in [0.29, 0.717) is 19.3 Å². The maximum Gasteiger partial charge on any atom is 0.472 e. The fraction of sp³-hybridized carbons (Fsp3) is 0.833. The Morgan fingerprint density at radius 2 is 0.667 bits per heavy atom. The minimum absolute atomic E-state index is 0.155. The van der Waals surface area contributed by atoms with Gasteiger partial charge in [0, 0.05) is 19.3 Å². The first-order chi connectivity index (χ1) is 38.2. The Kier molecular flexibility index (Phi) is 58.5. The molecule has 0 amide bonds. The van der Waals surface area contributed by atoms with E-state index in [0.717, 1.165) is 103 Å². The van der Waals surface area contributed by atoms with Gasteiger partial charge in [-0.3, -0.25) is 23.4 Å². The second-order valence-electron chi connectivity index (χ2n) is 21.9. The van der Waals surface area contributed by atoms with E-state index in [1.807, 2.05) is 0 Å². The van der Waals surface area contributed by atoms with Crippen LogP contribution in [-0.2, 0) is 42.2 Å². The standard InChI is InChI=1S/C66H121O11P/c1-4-7-10-13-16-19-22-25-28-30-31-33-36-39-42-45-48-51-54-57-66(70)77-63(59-73-64(68)55-52-49-46-43-40-37-34-27-24-21-18-15-12-9-6-3)61-75-78(71,72)74-60-62(58-67)76-65(69)56-53-50-47-44-41-38-35-32-29-26-23-20-17-14-11-8-5-2/h7,10,16,19,25,28,31,33,62-63,67H,4-6,8-9,11-15,17-18,20-24,26-27,29-30,32,34-61H2,1-3H3,(H,71,72)/b10-7-,19-16-,28-25-,33-31-. The number of aliphatic hydroxyl groups is 1. The third-order valence-electron chi connectivity index (χ3n) is 14.3. The number of unbranched alkanes of at least 4 members (excludes halogenated alkanes) is 36. The average Bonchev–Trinajstić information content (AvgIpc) is 3.43. The molecule has 0 fully saturated rings. The molecule has 0 aromatic heterocycles. The highest BCUT2D eigenvalue weighted by atomic mass is 31.2. The quantitative estimate of drug-likeness (QED) is 0.0197. The van der Waals surface area contributed by atoms with Crippen molar-refractivity contribution in [1.82, 2.24) is 0 Å². The maximum absolute atomic E-state index is 13.0. The molecule has 0 aliphatic rings. The van der Waals surface area contributed by atoms with Gasteiger partial charge in [-0.25, -0.2) is 4.57 Å². The Balaban J connectivity index is 4.67. The van der Waals surface area contributed by atoms with E-state index in [2.05, 4.69) is 69.4 Å². The van der Waals surface area contributed by atoms with Crippen LogP contribution in [0.5, 0.6) is 0 Å². The molecular weight excluding hydrogens is 1000 g/mol. The summed E-state index contributed by atoms with van der Waals surface area (Å²) >= 11 is 0. The van der Waals surface area contributed by atoms with Gasteiger partial charge in [0.15, 0.2) is 6.10 Å². The molecule has 0 saturated carbocycles. The summed E-state index contributed by atoms with van der Waals surface area (Å²) in [6, 6.07) is 0. The van der Waals surface area contributed by atoms with E-state index in [4.69, 9.17) is 23.3 Å². The number of hydrogen-bond acceptors (Lipinski definition) is 10. The van der Waals surface area contributed by atoms with Gasteiger partial charge in [-0.1, -0.05) is 288 Å². The van der Waals surface area contributed by atoms with E-state index < -0.39 is 57.8 Å². The van der Waals surface area contributed by atoms with Crippen molar-refractivity contribution >= 4 is 25.7 Å². The fourth-order valence-corrected chi connectivity index (χ4v) is 10.1. The molecular formula is C66H121O11P. The number of hydrogen-bond donors (Lipinski definition) is 2. The second-order valence-corrected chi connectivity index (χ2v) is 23.4. The van der Waals surface area contributed by atoms with Crippen molar-refractivity contribution < 1.29 is 52.2 Å². The lowest BCUT2D eigenvalue weighted by Crippen LogP contribution is -2.30. The molecule has 0 heterocycles. The zero-order valence-corrected chi connectivity index (χ0v) is 51.5. The number of aliphatic hydroxyl groups excluding tert-OH is 1. The van der Waals surface area contributed by atoms with Crippen LogP contribution in [0.2, 0.25) is 0 Å². The molecule has 0 rings (SSSR count). The lowest BCUT2D eigenvalue weighted by molar-refractivity contribution is -0.161. The van der Waals surface area contributed by atoms with Crippen molar-refractivity contribution in [1.29, 1.82) is 0 Å². The summed E-state index contributed by atoms with van der Waals surface area (Å²) in [4.78, 5) is 48.8. The van der Waals surface area contributed by atoms with E-state index in [1.165, 1.54) is 154 Å². The minimum atomic E-state index is -4.75. The van der Waals surface area contributed by atoms with Gasteiger partial charge in [-0.15, -0.1) is 0 Å². The Morgan fingerprint density at radius 3 is 1.03 bits per heavy atom. The summed E-state index contributed by atoms with van der Waals surface area (Å²) in [5.74, 6) is -1.45. The van der Waals surface area contributed by atoms with Gasteiger partial charge in [0.05, 0.1) is 19.8 Å². The smallest absolute Gasteiger partial charge is 0.462 e. The highest BCUT2D eigenvalue weighted by molar-refractivity contribution is 7.47. The van der Waals surface area contributed by atoms with Crippen LogP contribution in [0.3, 0.4) is 0 Å². The topological polar surface area (TPSA) is 155 Å².